The van der Waals surface area contributed by atoms with Crippen molar-refractivity contribution in [1.29, 1.82) is 0 Å². The molecule has 1 aliphatic heterocycles. The van der Waals surface area contributed by atoms with Crippen LogP contribution in [0, 0.1) is 5.92 Å². The van der Waals surface area contributed by atoms with Crippen LogP contribution in [0.15, 0.2) is 48.5 Å². The molecule has 1 amide bonds. The summed E-state index contributed by atoms with van der Waals surface area (Å²) in [6, 6.07) is 14.5. The molecule has 3 rings (SSSR count). The molecule has 2 aromatic carbocycles. The first-order valence-electron chi connectivity index (χ1n) is 10.1. The van der Waals surface area contributed by atoms with Crippen molar-refractivity contribution in [1.82, 2.24) is 4.90 Å². The van der Waals surface area contributed by atoms with Gasteiger partial charge in [-0.3, -0.25) is 13.9 Å². The lowest BCUT2D eigenvalue weighted by Gasteiger charge is -2.26. The van der Waals surface area contributed by atoms with Crippen LogP contribution < -0.4 is 4.31 Å². The second-order valence-electron chi connectivity index (χ2n) is 8.05. The minimum absolute atomic E-state index is 0.199. The Morgan fingerprint density at radius 1 is 1.19 bits per heavy atom. The summed E-state index contributed by atoms with van der Waals surface area (Å²) in [7, 11) is -2.07. The van der Waals surface area contributed by atoms with Gasteiger partial charge < -0.3 is 9.64 Å². The van der Waals surface area contributed by atoms with E-state index < -0.39 is 15.9 Å². The first-order chi connectivity index (χ1) is 14.6. The summed E-state index contributed by atoms with van der Waals surface area (Å²) in [6.07, 6.45) is 1.73. The van der Waals surface area contributed by atoms with Crippen molar-refractivity contribution in [2.45, 2.75) is 32.9 Å². The van der Waals surface area contributed by atoms with E-state index in [0.29, 0.717) is 24.2 Å². The Morgan fingerprint density at radius 2 is 1.87 bits per heavy atom. The molecule has 2 unspecified atom stereocenters. The smallest absolute Gasteiger partial charge is 0.310 e. The average Bonchev–Trinajstić information content (AvgIpc) is 3.07. The fourth-order valence-electron chi connectivity index (χ4n) is 4.05. The summed E-state index contributed by atoms with van der Waals surface area (Å²) in [5.41, 5.74) is 2.86. The third-order valence-corrected chi connectivity index (χ3v) is 6.71. The maximum absolute atomic E-state index is 13.4. The van der Waals surface area contributed by atoms with Crippen molar-refractivity contribution in [3.8, 4) is 0 Å². The van der Waals surface area contributed by atoms with Crippen LogP contribution in [0.3, 0.4) is 0 Å². The summed E-state index contributed by atoms with van der Waals surface area (Å²) in [5, 5.41) is 0. The molecular weight excluding hydrogens is 416 g/mol. The molecule has 1 aliphatic rings. The highest BCUT2D eigenvalue weighted by Gasteiger charge is 2.33. The van der Waals surface area contributed by atoms with Crippen molar-refractivity contribution in [2.75, 3.05) is 24.2 Å². The largest absolute Gasteiger partial charge is 0.469 e. The number of nitrogens with zero attached hydrogens (tertiary/aromatic N) is 2. The summed E-state index contributed by atoms with van der Waals surface area (Å²) in [5.74, 6) is -1.07. The maximum Gasteiger partial charge on any atom is 0.310 e. The molecule has 0 bridgehead atoms. The molecule has 1 heterocycles. The Balaban J connectivity index is 1.90. The zero-order valence-electron chi connectivity index (χ0n) is 18.2. The van der Waals surface area contributed by atoms with Crippen LogP contribution in [0.25, 0.3) is 0 Å². The number of hydrogen-bond acceptors (Lipinski definition) is 5. The standard InChI is InChI=1S/C23H28N2O5S/c1-16(23(27)30-3)14-24(15-18-8-6-5-7-9-18)22(26)19-10-11-21-20(13-19)12-17(2)25(21)31(4,28)29/h5-11,13,16-17H,12,14-15H2,1-4H3. The van der Waals surface area contributed by atoms with E-state index >= 15 is 0 Å². The zero-order valence-corrected chi connectivity index (χ0v) is 19.1. The van der Waals surface area contributed by atoms with Gasteiger partial charge in [0.2, 0.25) is 10.0 Å². The molecule has 0 radical (unpaired) electrons. The van der Waals surface area contributed by atoms with E-state index in [0.717, 1.165) is 11.1 Å². The van der Waals surface area contributed by atoms with Gasteiger partial charge in [0.25, 0.3) is 5.91 Å². The molecule has 2 atom stereocenters. The molecule has 0 N–H and O–H groups in total. The predicted molar refractivity (Wildman–Crippen MR) is 119 cm³/mol. The highest BCUT2D eigenvalue weighted by atomic mass is 32.2. The number of ether oxygens (including phenoxy) is 1. The van der Waals surface area contributed by atoms with Gasteiger partial charge in [-0.25, -0.2) is 8.42 Å². The topological polar surface area (TPSA) is 84.0 Å². The Bertz CT molecular complexity index is 1070. The second kappa shape index (κ2) is 9.09. The number of carbonyl (C=O) groups is 2. The van der Waals surface area contributed by atoms with Gasteiger partial charge in [0.15, 0.2) is 0 Å². The fraction of sp³-hybridized carbons (Fsp3) is 0.391. The number of sulfonamides is 1. The number of amides is 1. The van der Waals surface area contributed by atoms with E-state index in [1.807, 2.05) is 37.3 Å². The van der Waals surface area contributed by atoms with E-state index in [-0.39, 0.29) is 24.5 Å². The van der Waals surface area contributed by atoms with Crippen LogP contribution in [0.5, 0.6) is 0 Å². The lowest BCUT2D eigenvalue weighted by Crippen LogP contribution is -2.37. The van der Waals surface area contributed by atoms with Crippen LogP contribution in [-0.4, -0.2) is 51.1 Å². The number of rotatable bonds is 7. The molecule has 0 aromatic heterocycles. The van der Waals surface area contributed by atoms with Gasteiger partial charge >= 0.3 is 5.97 Å². The van der Waals surface area contributed by atoms with Gasteiger partial charge in [0.1, 0.15) is 0 Å². The number of anilines is 1. The van der Waals surface area contributed by atoms with Crippen molar-refractivity contribution in [3.05, 3.63) is 65.2 Å². The number of methoxy groups -OCH3 is 1. The van der Waals surface area contributed by atoms with Gasteiger partial charge in [0, 0.05) is 24.7 Å². The van der Waals surface area contributed by atoms with Crippen LogP contribution in [-0.2, 0) is 32.5 Å². The van der Waals surface area contributed by atoms with Crippen molar-refractivity contribution in [2.24, 2.45) is 5.92 Å². The predicted octanol–water partition coefficient (Wildman–Crippen LogP) is 2.85. The quantitative estimate of drug-likeness (QED) is 0.613. The minimum atomic E-state index is -3.40. The number of carbonyl (C=O) groups excluding carboxylic acids is 2. The lowest BCUT2D eigenvalue weighted by molar-refractivity contribution is -0.145. The van der Waals surface area contributed by atoms with Crippen LogP contribution in [0.1, 0.15) is 35.3 Å². The first-order valence-corrected chi connectivity index (χ1v) is 12.0. The fourth-order valence-corrected chi connectivity index (χ4v) is 5.32. The Labute approximate surface area is 183 Å². The van der Waals surface area contributed by atoms with Crippen LogP contribution in [0.2, 0.25) is 0 Å². The van der Waals surface area contributed by atoms with E-state index in [1.165, 1.54) is 17.7 Å². The third kappa shape index (κ3) is 5.07. The number of hydrogen-bond donors (Lipinski definition) is 0. The molecule has 0 saturated heterocycles. The van der Waals surface area contributed by atoms with Crippen molar-refractivity contribution < 1.29 is 22.7 Å². The number of fused-ring (bicyclic) bond motifs is 1. The molecular formula is C23H28N2O5S. The average molecular weight is 445 g/mol. The Hall–Kier alpha value is -2.87. The van der Waals surface area contributed by atoms with Crippen molar-refractivity contribution >= 4 is 27.6 Å². The minimum Gasteiger partial charge on any atom is -0.469 e. The monoisotopic (exact) mass is 444 g/mol. The molecule has 166 valence electrons. The van der Waals surface area contributed by atoms with Crippen LogP contribution in [0.4, 0.5) is 5.69 Å². The zero-order chi connectivity index (χ0) is 22.8. The van der Waals surface area contributed by atoms with Crippen LogP contribution >= 0.6 is 0 Å². The van der Waals surface area contributed by atoms with Gasteiger partial charge in [-0.2, -0.15) is 0 Å². The van der Waals surface area contributed by atoms with Crippen molar-refractivity contribution in [3.63, 3.8) is 0 Å². The van der Waals surface area contributed by atoms with Gasteiger partial charge in [-0.1, -0.05) is 37.3 Å². The molecule has 8 heteroatoms. The van der Waals surface area contributed by atoms with Gasteiger partial charge in [-0.05, 0) is 42.7 Å². The van der Waals surface area contributed by atoms with E-state index in [1.54, 1.807) is 30.0 Å². The summed E-state index contributed by atoms with van der Waals surface area (Å²) >= 11 is 0. The summed E-state index contributed by atoms with van der Waals surface area (Å²) in [4.78, 5) is 27.0. The van der Waals surface area contributed by atoms with Gasteiger partial charge in [-0.15, -0.1) is 0 Å². The molecule has 0 fully saturated rings. The molecule has 0 spiro atoms. The Morgan fingerprint density at radius 3 is 2.48 bits per heavy atom. The molecule has 0 aliphatic carbocycles. The third-order valence-electron chi connectivity index (χ3n) is 5.44. The lowest BCUT2D eigenvalue weighted by atomic mass is 10.0. The summed E-state index contributed by atoms with van der Waals surface area (Å²) < 4.78 is 30.5. The normalized spacial score (nSPS) is 16.5. The Kier molecular flexibility index (Phi) is 6.69. The van der Waals surface area contributed by atoms with E-state index in [2.05, 4.69) is 0 Å². The first kappa shape index (κ1) is 22.8. The van der Waals surface area contributed by atoms with Gasteiger partial charge in [0.05, 0.1) is 25.0 Å². The highest BCUT2D eigenvalue weighted by Crippen LogP contribution is 2.35. The number of esters is 1. The molecule has 7 nitrogen and oxygen atoms in total. The van der Waals surface area contributed by atoms with E-state index in [9.17, 15) is 18.0 Å². The number of benzene rings is 2. The van der Waals surface area contributed by atoms with E-state index in [4.69, 9.17) is 4.74 Å². The molecule has 31 heavy (non-hydrogen) atoms. The SMILES string of the molecule is COC(=O)C(C)CN(Cc1ccccc1)C(=O)c1ccc2c(c1)CC(C)N2S(C)(=O)=O. The highest BCUT2D eigenvalue weighted by molar-refractivity contribution is 7.92. The second-order valence-corrected chi connectivity index (χ2v) is 9.91. The maximum atomic E-state index is 13.4. The molecule has 2 aromatic rings. The summed E-state index contributed by atoms with van der Waals surface area (Å²) in [6.45, 7) is 4.14. The molecule has 0 saturated carbocycles.